The van der Waals surface area contributed by atoms with Crippen LogP contribution in [0.2, 0.25) is 0 Å². The molecule has 0 spiro atoms. The fraction of sp³-hybridized carbons (Fsp3) is 0.185. The Balaban J connectivity index is 1.40. The third-order valence-corrected chi connectivity index (χ3v) is 7.82. The summed E-state index contributed by atoms with van der Waals surface area (Å²) in [5, 5.41) is 11.0. The van der Waals surface area contributed by atoms with Crippen molar-refractivity contribution in [2.24, 2.45) is 0 Å². The van der Waals surface area contributed by atoms with Gasteiger partial charge in [-0.05, 0) is 43.2 Å². The van der Waals surface area contributed by atoms with Gasteiger partial charge in [-0.25, -0.2) is 14.4 Å². The molecule has 2 aromatic carbocycles. The van der Waals surface area contributed by atoms with Crippen molar-refractivity contribution < 1.29 is 19.1 Å². The number of aliphatic hydroxyl groups is 1. The van der Waals surface area contributed by atoms with Crippen LogP contribution in [-0.2, 0) is 11.3 Å². The summed E-state index contributed by atoms with van der Waals surface area (Å²) in [6.45, 7) is 2.67. The second kappa shape index (κ2) is 8.97. The van der Waals surface area contributed by atoms with Crippen molar-refractivity contribution in [3.63, 3.8) is 0 Å². The van der Waals surface area contributed by atoms with E-state index >= 15 is 0 Å². The Hall–Kier alpha value is -4.31. The van der Waals surface area contributed by atoms with Crippen LogP contribution in [0.25, 0.3) is 16.0 Å². The molecule has 5 aromatic rings. The van der Waals surface area contributed by atoms with E-state index in [1.54, 1.807) is 18.6 Å². The van der Waals surface area contributed by atoms with Crippen LogP contribution in [-0.4, -0.2) is 47.2 Å². The van der Waals surface area contributed by atoms with E-state index in [0.717, 1.165) is 11.0 Å². The van der Waals surface area contributed by atoms with Crippen molar-refractivity contribution in [2.75, 3.05) is 6.54 Å². The van der Waals surface area contributed by atoms with Gasteiger partial charge in [0.1, 0.15) is 5.82 Å². The van der Waals surface area contributed by atoms with Crippen molar-refractivity contribution >= 4 is 39.0 Å². The number of imidazole rings is 2. The quantitative estimate of drug-likeness (QED) is 0.313. The van der Waals surface area contributed by atoms with Gasteiger partial charge in [-0.2, -0.15) is 0 Å². The van der Waals surface area contributed by atoms with Gasteiger partial charge < -0.3 is 14.6 Å². The summed E-state index contributed by atoms with van der Waals surface area (Å²) in [5.41, 5.74) is 2.73. The molecule has 37 heavy (non-hydrogen) atoms. The molecule has 1 aliphatic heterocycles. The van der Waals surface area contributed by atoms with E-state index in [2.05, 4.69) is 9.97 Å². The van der Waals surface area contributed by atoms with Crippen LogP contribution in [0, 0.1) is 12.7 Å². The Labute approximate surface area is 214 Å². The molecule has 0 fully saturated rings. The van der Waals surface area contributed by atoms with Gasteiger partial charge in [-0.3, -0.25) is 14.0 Å². The number of thiazole rings is 1. The number of nitrogens with zero attached hydrogens (tertiary/aromatic N) is 5. The molecule has 1 aliphatic rings. The number of amides is 1. The number of rotatable bonds is 7. The lowest BCUT2D eigenvalue weighted by molar-refractivity contribution is -0.129. The molecule has 1 N–H and O–H groups in total. The maximum atomic E-state index is 14.3. The number of carbonyl (C=O) groups excluding carboxylic acids is 2. The number of ketones is 1. The molecule has 4 heterocycles. The fourth-order valence-corrected chi connectivity index (χ4v) is 6.07. The first-order chi connectivity index (χ1) is 17.9. The van der Waals surface area contributed by atoms with E-state index in [9.17, 15) is 19.1 Å². The molecule has 0 bridgehead atoms. The summed E-state index contributed by atoms with van der Waals surface area (Å²) in [6.07, 6.45) is 5.73. The molecular formula is C27H22FN5O3S. The Kier molecular flexibility index (Phi) is 5.60. The minimum atomic E-state index is -0.913. The second-order valence-corrected chi connectivity index (χ2v) is 9.91. The first kappa shape index (κ1) is 23.1. The zero-order valence-corrected chi connectivity index (χ0v) is 20.7. The number of para-hydroxylation sites is 2. The van der Waals surface area contributed by atoms with Gasteiger partial charge in [0, 0.05) is 31.2 Å². The van der Waals surface area contributed by atoms with Gasteiger partial charge in [0.15, 0.2) is 10.7 Å². The molecule has 8 nitrogen and oxygen atoms in total. The summed E-state index contributed by atoms with van der Waals surface area (Å²) in [5.74, 6) is -2.20. The normalized spacial score (nSPS) is 16.0. The van der Waals surface area contributed by atoms with Gasteiger partial charge in [-0.1, -0.05) is 35.6 Å². The number of hydrogen-bond acceptors (Lipinski definition) is 6. The number of hydrogen-bond donors (Lipinski definition) is 1. The number of fused-ring (bicyclic) bond motifs is 3. The predicted molar refractivity (Wildman–Crippen MR) is 137 cm³/mol. The van der Waals surface area contributed by atoms with Crippen molar-refractivity contribution in [2.45, 2.75) is 25.9 Å². The number of benzene rings is 2. The lowest BCUT2D eigenvalue weighted by atomic mass is 9.95. The lowest BCUT2D eigenvalue weighted by Crippen LogP contribution is -2.32. The standard InChI is InChI=1S/C27H22FN5O3S/c1-16-25(37-27-30-19-8-2-3-9-20(19)33(16)27)23(34)21-22(17-6-4-7-18(28)14-17)32(26(36)24(21)35)12-5-11-31-13-10-29-15-31/h2-4,6-10,13-15,22,35H,5,11-12H2,1H3. The molecule has 10 heteroatoms. The largest absolute Gasteiger partial charge is 0.503 e. The topological polar surface area (TPSA) is 92.7 Å². The van der Waals surface area contributed by atoms with Crippen LogP contribution in [0.5, 0.6) is 0 Å². The molecule has 186 valence electrons. The van der Waals surface area contributed by atoms with Crippen molar-refractivity contribution in [3.8, 4) is 0 Å². The Morgan fingerprint density at radius 3 is 2.78 bits per heavy atom. The average Bonchev–Trinajstić information content (AvgIpc) is 3.65. The molecule has 1 unspecified atom stereocenters. The second-order valence-electron chi connectivity index (χ2n) is 8.94. The molecule has 1 atom stereocenters. The van der Waals surface area contributed by atoms with Crippen LogP contribution in [0.3, 0.4) is 0 Å². The van der Waals surface area contributed by atoms with E-state index in [0.29, 0.717) is 34.1 Å². The molecule has 6 rings (SSSR count). The Morgan fingerprint density at radius 1 is 1.16 bits per heavy atom. The lowest BCUT2D eigenvalue weighted by Gasteiger charge is -2.27. The molecule has 0 aliphatic carbocycles. The summed E-state index contributed by atoms with van der Waals surface area (Å²) in [6, 6.07) is 12.5. The van der Waals surface area contributed by atoms with E-state index < -0.39 is 29.3 Å². The summed E-state index contributed by atoms with van der Waals surface area (Å²) >= 11 is 1.21. The zero-order chi connectivity index (χ0) is 25.7. The smallest absolute Gasteiger partial charge is 0.290 e. The summed E-state index contributed by atoms with van der Waals surface area (Å²) < 4.78 is 18.0. The van der Waals surface area contributed by atoms with Gasteiger partial charge in [0.25, 0.3) is 5.91 Å². The number of aliphatic hydroxyl groups excluding tert-OH is 1. The molecule has 0 saturated heterocycles. The maximum absolute atomic E-state index is 14.3. The zero-order valence-electron chi connectivity index (χ0n) is 19.8. The first-order valence-corrected chi connectivity index (χ1v) is 12.6. The van der Waals surface area contributed by atoms with Gasteiger partial charge in [0.2, 0.25) is 5.78 Å². The van der Waals surface area contributed by atoms with Gasteiger partial charge in [-0.15, -0.1) is 0 Å². The number of carbonyl (C=O) groups is 2. The van der Waals surface area contributed by atoms with Crippen molar-refractivity contribution in [3.05, 3.63) is 101 Å². The van der Waals surface area contributed by atoms with E-state index in [1.165, 1.54) is 34.4 Å². The Bertz CT molecular complexity index is 1700. The third kappa shape index (κ3) is 3.80. The highest BCUT2D eigenvalue weighted by atomic mass is 32.1. The summed E-state index contributed by atoms with van der Waals surface area (Å²) in [7, 11) is 0. The van der Waals surface area contributed by atoms with Crippen molar-refractivity contribution in [1.29, 1.82) is 0 Å². The van der Waals surface area contributed by atoms with Crippen LogP contribution in [0.1, 0.15) is 33.4 Å². The maximum Gasteiger partial charge on any atom is 0.290 e. The number of Topliss-reactive ketones (excluding diaryl/α,β-unsaturated/α-hetero) is 1. The predicted octanol–water partition coefficient (Wildman–Crippen LogP) is 4.86. The highest BCUT2D eigenvalue weighted by Crippen LogP contribution is 2.41. The minimum Gasteiger partial charge on any atom is -0.503 e. The summed E-state index contributed by atoms with van der Waals surface area (Å²) in [4.78, 5) is 38.3. The van der Waals surface area contributed by atoms with Gasteiger partial charge in [0.05, 0.1) is 33.9 Å². The van der Waals surface area contributed by atoms with Crippen molar-refractivity contribution in [1.82, 2.24) is 23.8 Å². The molecule has 0 radical (unpaired) electrons. The first-order valence-electron chi connectivity index (χ1n) is 11.8. The van der Waals surface area contributed by atoms with Crippen LogP contribution >= 0.6 is 11.3 Å². The molecule has 0 saturated carbocycles. The van der Waals surface area contributed by atoms with Crippen LogP contribution in [0.4, 0.5) is 4.39 Å². The molecular weight excluding hydrogens is 493 g/mol. The minimum absolute atomic E-state index is 0.0462. The van der Waals surface area contributed by atoms with E-state index in [1.807, 2.05) is 46.4 Å². The average molecular weight is 516 g/mol. The molecule has 3 aromatic heterocycles. The molecule has 1 amide bonds. The van der Waals surface area contributed by atoms with Crippen LogP contribution < -0.4 is 0 Å². The number of aromatic nitrogens is 4. The number of halogens is 1. The highest BCUT2D eigenvalue weighted by Gasteiger charge is 2.44. The SMILES string of the molecule is Cc1c(C(=O)C2=C(O)C(=O)N(CCCn3ccnc3)C2c2cccc(F)c2)sc2nc3ccccc3n12. The van der Waals surface area contributed by atoms with Gasteiger partial charge >= 0.3 is 0 Å². The number of aryl methyl sites for hydroxylation is 2. The Morgan fingerprint density at radius 2 is 2.00 bits per heavy atom. The van der Waals surface area contributed by atoms with E-state index in [-0.39, 0.29) is 12.1 Å². The third-order valence-electron chi connectivity index (χ3n) is 6.68. The fourth-order valence-electron chi connectivity index (χ4n) is 4.98. The monoisotopic (exact) mass is 515 g/mol. The van der Waals surface area contributed by atoms with E-state index in [4.69, 9.17) is 0 Å². The van der Waals surface area contributed by atoms with Crippen LogP contribution in [0.15, 0.2) is 78.6 Å². The highest BCUT2D eigenvalue weighted by molar-refractivity contribution is 7.19.